The predicted octanol–water partition coefficient (Wildman–Crippen LogP) is -0.0567. The Morgan fingerprint density at radius 1 is 1.46 bits per heavy atom. The second kappa shape index (κ2) is 8.99. The summed E-state index contributed by atoms with van der Waals surface area (Å²) in [5.41, 5.74) is 5.60. The number of rotatable bonds is 7. The van der Waals surface area contributed by atoms with Gasteiger partial charge in [-0.05, 0) is 17.5 Å². The molecule has 2 amide bonds. The zero-order chi connectivity index (χ0) is 24.7. The number of thioether (sulfide) groups is 1. The van der Waals surface area contributed by atoms with E-state index in [9.17, 15) is 19.5 Å². The number of aliphatic carboxylic acids is 1. The van der Waals surface area contributed by atoms with Gasteiger partial charge in [0.15, 0.2) is 12.7 Å². The van der Waals surface area contributed by atoms with Crippen LogP contribution in [0.5, 0.6) is 0 Å². The van der Waals surface area contributed by atoms with Gasteiger partial charge in [0.2, 0.25) is 11.5 Å². The molecule has 2 atom stereocenters. The third-order valence-corrected chi connectivity index (χ3v) is 7.73. The molecule has 5 heterocycles. The van der Waals surface area contributed by atoms with Crippen LogP contribution in [0.4, 0.5) is 6.01 Å². The van der Waals surface area contributed by atoms with E-state index < -0.39 is 29.2 Å². The van der Waals surface area contributed by atoms with Crippen LogP contribution in [0, 0.1) is 0 Å². The zero-order valence-corrected chi connectivity index (χ0v) is 19.7. The van der Waals surface area contributed by atoms with Crippen LogP contribution in [0.3, 0.4) is 0 Å². The summed E-state index contributed by atoms with van der Waals surface area (Å²) in [6, 6.07) is 4.63. The molecule has 1 saturated heterocycles. The number of aromatic nitrogens is 3. The lowest BCUT2D eigenvalue weighted by atomic mass is 10.0. The number of nitrogens with zero attached hydrogens (tertiary/aromatic N) is 5. The maximum absolute atomic E-state index is 13.0. The highest BCUT2D eigenvalue weighted by atomic mass is 32.2. The Kier molecular flexibility index (Phi) is 5.86. The first kappa shape index (κ1) is 22.8. The van der Waals surface area contributed by atoms with Crippen molar-refractivity contribution in [1.82, 2.24) is 20.4 Å². The summed E-state index contributed by atoms with van der Waals surface area (Å²) in [5, 5.41) is 22.1. The number of fused-ring (bicyclic) bond motifs is 2. The van der Waals surface area contributed by atoms with Crippen LogP contribution in [0.25, 0.3) is 10.2 Å². The quantitative estimate of drug-likeness (QED) is 0.167. The highest BCUT2D eigenvalue weighted by molar-refractivity contribution is 8.00. The second-order valence-corrected chi connectivity index (χ2v) is 9.51. The van der Waals surface area contributed by atoms with Crippen LogP contribution in [-0.2, 0) is 25.8 Å². The van der Waals surface area contributed by atoms with Gasteiger partial charge in [-0.15, -0.1) is 11.8 Å². The third-order valence-electron chi connectivity index (χ3n) is 5.43. The van der Waals surface area contributed by atoms with Crippen molar-refractivity contribution in [1.29, 1.82) is 0 Å². The highest BCUT2D eigenvalue weighted by Gasteiger charge is 2.55. The minimum Gasteiger partial charge on any atom is -0.477 e. The second-order valence-electron chi connectivity index (χ2n) is 7.51. The van der Waals surface area contributed by atoms with Gasteiger partial charge in [-0.2, -0.15) is 9.55 Å². The van der Waals surface area contributed by atoms with Crippen molar-refractivity contribution in [3.63, 3.8) is 0 Å². The average Bonchev–Trinajstić information content (AvgIpc) is 3.49. The number of thiophene rings is 1. The van der Waals surface area contributed by atoms with Gasteiger partial charge < -0.3 is 25.5 Å². The van der Waals surface area contributed by atoms with Gasteiger partial charge in [-0.3, -0.25) is 14.5 Å². The first-order valence-corrected chi connectivity index (χ1v) is 12.1. The minimum atomic E-state index is -1.20. The lowest BCUT2D eigenvalue weighted by molar-refractivity contribution is -0.661. The molecule has 2 aliphatic heterocycles. The van der Waals surface area contributed by atoms with E-state index in [2.05, 4.69) is 30.0 Å². The van der Waals surface area contributed by atoms with Crippen molar-refractivity contribution >= 4 is 62.8 Å². The van der Waals surface area contributed by atoms with Crippen LogP contribution in [-0.4, -0.2) is 67.9 Å². The number of pyridine rings is 1. The first-order valence-electron chi connectivity index (χ1n) is 10.2. The van der Waals surface area contributed by atoms with E-state index in [4.69, 9.17) is 5.73 Å². The molecular weight excluding hydrogens is 498 g/mol. The average molecular weight is 517 g/mol. The molecule has 0 aliphatic carbocycles. The molecule has 2 aliphatic rings. The lowest BCUT2D eigenvalue weighted by Crippen LogP contribution is -2.71. The molecule has 0 radical (unpaired) electrons. The molecule has 13 nitrogen and oxygen atoms in total. The number of anilines is 1. The molecule has 0 spiro atoms. The Balaban J connectivity index is 1.38. The van der Waals surface area contributed by atoms with Gasteiger partial charge in [-0.25, -0.2) is 4.79 Å². The summed E-state index contributed by atoms with van der Waals surface area (Å²) in [6.07, 6.45) is 1.88. The molecule has 35 heavy (non-hydrogen) atoms. The van der Waals surface area contributed by atoms with Crippen molar-refractivity contribution in [3.05, 3.63) is 46.9 Å². The molecule has 4 N–H and O–H groups in total. The van der Waals surface area contributed by atoms with Gasteiger partial charge in [-0.1, -0.05) is 21.6 Å². The fourth-order valence-electron chi connectivity index (χ4n) is 3.94. The topological polar surface area (TPSA) is 177 Å². The summed E-state index contributed by atoms with van der Waals surface area (Å²) in [7, 11) is 1.23. The number of nitrogen functional groups attached to an aromatic ring is 1. The maximum atomic E-state index is 13.0. The highest BCUT2D eigenvalue weighted by Crippen LogP contribution is 2.40. The lowest BCUT2D eigenvalue weighted by Gasteiger charge is -2.49. The number of oxime groups is 1. The van der Waals surface area contributed by atoms with Gasteiger partial charge >= 0.3 is 12.0 Å². The number of carboxylic acid groups (broad SMARTS) is 1. The van der Waals surface area contributed by atoms with Gasteiger partial charge in [0, 0.05) is 17.4 Å². The number of nitrogens with two attached hydrogens (primary N) is 1. The number of carboxylic acids is 1. The van der Waals surface area contributed by atoms with Crippen LogP contribution in [0.2, 0.25) is 0 Å². The molecule has 5 rings (SSSR count). The Bertz CT molecular complexity index is 1410. The van der Waals surface area contributed by atoms with Crippen LogP contribution in [0.1, 0.15) is 5.82 Å². The number of amides is 2. The summed E-state index contributed by atoms with van der Waals surface area (Å²) >= 11 is 2.92. The van der Waals surface area contributed by atoms with E-state index >= 15 is 0 Å². The molecule has 3 aromatic heterocycles. The van der Waals surface area contributed by atoms with Crippen molar-refractivity contribution < 1.29 is 33.4 Å². The summed E-state index contributed by atoms with van der Waals surface area (Å²) < 4.78 is 6.63. The Morgan fingerprint density at radius 3 is 3.00 bits per heavy atom. The van der Waals surface area contributed by atoms with Crippen molar-refractivity contribution in [2.75, 3.05) is 18.6 Å². The molecule has 180 valence electrons. The molecule has 15 heteroatoms. The summed E-state index contributed by atoms with van der Waals surface area (Å²) in [5.74, 6) is -2.38. The van der Waals surface area contributed by atoms with Crippen LogP contribution >= 0.6 is 23.1 Å². The van der Waals surface area contributed by atoms with Crippen molar-refractivity contribution in [3.8, 4) is 0 Å². The molecule has 1 unspecified atom stereocenters. The Hall–Kier alpha value is -3.98. The summed E-state index contributed by atoms with van der Waals surface area (Å²) in [6.45, 7) is 0.323. The number of carbonyl (C=O) groups excluding carboxylic acids is 2. The molecule has 0 saturated carbocycles. The first-order chi connectivity index (χ1) is 16.9. The maximum Gasteiger partial charge on any atom is 0.352 e. The normalized spacial score (nSPS) is 20.0. The van der Waals surface area contributed by atoms with E-state index in [1.165, 1.54) is 23.8 Å². The molecule has 3 aromatic rings. The number of nitrogens with one attached hydrogen (secondary N) is 1. The molecule has 0 bridgehead atoms. The van der Waals surface area contributed by atoms with Gasteiger partial charge in [0.25, 0.3) is 16.6 Å². The van der Waals surface area contributed by atoms with Crippen LogP contribution < -0.4 is 15.6 Å². The van der Waals surface area contributed by atoms with Gasteiger partial charge in [0.05, 0.1) is 5.39 Å². The fourth-order valence-corrected chi connectivity index (χ4v) is 6.15. The molecule has 0 aromatic carbocycles. The van der Waals surface area contributed by atoms with E-state index in [1.54, 1.807) is 11.3 Å². The third kappa shape index (κ3) is 3.97. The monoisotopic (exact) mass is 516 g/mol. The Labute approximate surface area is 205 Å². The van der Waals surface area contributed by atoms with E-state index in [0.29, 0.717) is 17.9 Å². The van der Waals surface area contributed by atoms with E-state index in [1.807, 2.05) is 34.3 Å². The van der Waals surface area contributed by atoms with Crippen molar-refractivity contribution in [2.24, 2.45) is 5.16 Å². The Morgan fingerprint density at radius 2 is 2.29 bits per heavy atom. The standard InChI is InChI=1S/C20H17N7O6S2/c1-32-24-11(14-23-20(21)33-25-14)15(28)22-12-16(29)27-13(19(30)31)10(8-35-18(12)27)7-26-5-2-3-9-4-6-34-17(9)26/h2-6,12,18H,7-8H2,1H3,(H3-,21,22,23,25,28,30,31)/p+1/b24-11-/t12?,18-/m1/s1. The minimum absolute atomic E-state index is 0.0676. The summed E-state index contributed by atoms with van der Waals surface area (Å²) in [4.78, 5) is 48.6. The van der Waals surface area contributed by atoms with E-state index in [-0.39, 0.29) is 23.2 Å². The van der Waals surface area contributed by atoms with Crippen LogP contribution in [0.15, 0.2) is 50.7 Å². The number of β-lactam (4-membered cyclic amide) rings is 1. The van der Waals surface area contributed by atoms with Crippen molar-refractivity contribution in [2.45, 2.75) is 18.0 Å². The largest absolute Gasteiger partial charge is 0.477 e. The van der Waals surface area contributed by atoms with Gasteiger partial charge in [0.1, 0.15) is 24.2 Å². The number of hydrogen-bond donors (Lipinski definition) is 3. The predicted molar refractivity (Wildman–Crippen MR) is 124 cm³/mol. The van der Waals surface area contributed by atoms with E-state index in [0.717, 1.165) is 10.2 Å². The zero-order valence-electron chi connectivity index (χ0n) is 18.1. The molecular formula is C20H18N7O6S2+. The SMILES string of the molecule is CO/N=C(\C(=O)NC1C(=O)N2C(C(=O)O)=C(C[n+]3cccc4ccsc43)CS[C@H]12)c1noc(N)n1. The molecule has 1 fully saturated rings. The number of carbonyl (C=O) groups is 3. The smallest absolute Gasteiger partial charge is 0.352 e. The number of hydrogen-bond acceptors (Lipinski definition) is 11. The fraction of sp³-hybridized carbons (Fsp3) is 0.250.